The number of nitrogens with zero attached hydrogens (tertiary/aromatic N) is 3. The smallest absolute Gasteiger partial charge is 0.294 e. The lowest BCUT2D eigenvalue weighted by Gasteiger charge is -2.30. The number of anilines is 2. The first-order valence-corrected chi connectivity index (χ1v) is 11.2. The molecule has 2 aliphatic rings. The van der Waals surface area contributed by atoms with Gasteiger partial charge >= 0.3 is 0 Å². The van der Waals surface area contributed by atoms with E-state index in [1.54, 1.807) is 6.07 Å². The van der Waals surface area contributed by atoms with Crippen molar-refractivity contribution < 1.29 is 32.8 Å². The molecule has 2 aliphatic heterocycles. The maximum atomic E-state index is 13.8. The highest BCUT2D eigenvalue weighted by atomic mass is 32.2. The molecule has 0 aromatic heterocycles. The molecule has 0 atom stereocenters. The van der Waals surface area contributed by atoms with Crippen molar-refractivity contribution >= 4 is 52.0 Å². The van der Waals surface area contributed by atoms with Gasteiger partial charge in [-0.3, -0.25) is 29.4 Å². The minimum Gasteiger partial charge on any atom is -0.378 e. The van der Waals surface area contributed by atoms with Crippen molar-refractivity contribution in [2.24, 2.45) is 0 Å². The Morgan fingerprint density at radius 1 is 1.17 bits per heavy atom. The third-order valence-electron chi connectivity index (χ3n) is 5.24. The molecule has 0 unspecified atom stereocenters. The lowest BCUT2D eigenvalue weighted by atomic mass is 10.1. The Kier molecular flexibility index (Phi) is 7.07. The van der Waals surface area contributed by atoms with Crippen LogP contribution in [0.5, 0.6) is 0 Å². The Bertz CT molecular complexity index is 1250. The number of halogens is 2. The van der Waals surface area contributed by atoms with Crippen LogP contribution in [0.2, 0.25) is 0 Å². The molecule has 2 aromatic rings. The number of benzene rings is 2. The molecule has 0 aliphatic carbocycles. The zero-order valence-electron chi connectivity index (χ0n) is 18.0. The summed E-state index contributed by atoms with van der Waals surface area (Å²) in [6.07, 6.45) is 1.38. The van der Waals surface area contributed by atoms with Gasteiger partial charge in [0.15, 0.2) is 0 Å². The molecule has 10 nitrogen and oxygen atoms in total. The van der Waals surface area contributed by atoms with Crippen LogP contribution in [0.3, 0.4) is 0 Å². The second kappa shape index (κ2) is 10.2. The molecular formula is C22H18F2N4O6S. The van der Waals surface area contributed by atoms with E-state index in [0.29, 0.717) is 60.3 Å². The summed E-state index contributed by atoms with van der Waals surface area (Å²) in [5.41, 5.74) is 0.513. The molecule has 35 heavy (non-hydrogen) atoms. The molecule has 13 heteroatoms. The zero-order valence-corrected chi connectivity index (χ0v) is 18.8. The Balaban J connectivity index is 1.55. The minimum atomic E-state index is -1.01. The lowest BCUT2D eigenvalue weighted by Crippen LogP contribution is -2.36. The average molecular weight is 504 g/mol. The van der Waals surface area contributed by atoms with Crippen LogP contribution >= 0.6 is 11.8 Å². The highest BCUT2D eigenvalue weighted by Gasteiger charge is 2.36. The maximum absolute atomic E-state index is 13.8. The van der Waals surface area contributed by atoms with Crippen molar-refractivity contribution in [1.82, 2.24) is 4.90 Å². The number of carbonyl (C=O) groups is 3. The SMILES string of the molecule is O=C(CN1C(=O)S/C(=C\c2cc([N+](=O)[O-])ccc2N2CCOCC2)C1=O)Nc1ccc(F)cc1F. The van der Waals surface area contributed by atoms with E-state index in [2.05, 4.69) is 5.32 Å². The van der Waals surface area contributed by atoms with E-state index in [1.807, 2.05) is 4.90 Å². The number of carbonyl (C=O) groups excluding carboxylic acids is 3. The van der Waals surface area contributed by atoms with E-state index < -0.39 is 40.2 Å². The number of hydrogen-bond donors (Lipinski definition) is 1. The Hall–Kier alpha value is -3.84. The Morgan fingerprint density at radius 3 is 2.60 bits per heavy atom. The molecule has 4 rings (SSSR count). The first-order valence-electron chi connectivity index (χ1n) is 10.3. The average Bonchev–Trinajstić information content (AvgIpc) is 3.08. The second-order valence-corrected chi connectivity index (χ2v) is 8.53. The number of thioether (sulfide) groups is 1. The van der Waals surface area contributed by atoms with Gasteiger partial charge in [0.05, 0.1) is 28.7 Å². The van der Waals surface area contributed by atoms with Gasteiger partial charge in [0.1, 0.15) is 18.2 Å². The van der Waals surface area contributed by atoms with Crippen LogP contribution < -0.4 is 10.2 Å². The number of amides is 3. The molecular weight excluding hydrogens is 486 g/mol. The van der Waals surface area contributed by atoms with E-state index in [4.69, 9.17) is 4.74 Å². The fourth-order valence-corrected chi connectivity index (χ4v) is 4.39. The van der Waals surface area contributed by atoms with E-state index in [9.17, 15) is 33.3 Å². The summed E-state index contributed by atoms with van der Waals surface area (Å²) in [6.45, 7) is 1.33. The summed E-state index contributed by atoms with van der Waals surface area (Å²) in [5, 5.41) is 12.8. The number of rotatable bonds is 6. The van der Waals surface area contributed by atoms with Crippen molar-refractivity contribution in [3.63, 3.8) is 0 Å². The summed E-state index contributed by atoms with van der Waals surface area (Å²) >= 11 is 0.581. The third kappa shape index (κ3) is 5.46. The summed E-state index contributed by atoms with van der Waals surface area (Å²) < 4.78 is 32.2. The number of hydrogen-bond acceptors (Lipinski definition) is 8. The lowest BCUT2D eigenvalue weighted by molar-refractivity contribution is -0.384. The van der Waals surface area contributed by atoms with Crippen molar-refractivity contribution in [2.45, 2.75) is 0 Å². The Morgan fingerprint density at radius 2 is 1.91 bits per heavy atom. The number of imide groups is 1. The van der Waals surface area contributed by atoms with Gasteiger partial charge in [0.2, 0.25) is 5.91 Å². The van der Waals surface area contributed by atoms with Crippen molar-refractivity contribution in [3.8, 4) is 0 Å². The largest absolute Gasteiger partial charge is 0.378 e. The summed E-state index contributed by atoms with van der Waals surface area (Å²) in [6, 6.07) is 6.79. The van der Waals surface area contributed by atoms with Gasteiger partial charge in [0.25, 0.3) is 16.8 Å². The number of nitro groups is 1. The van der Waals surface area contributed by atoms with E-state index in [0.717, 1.165) is 12.1 Å². The van der Waals surface area contributed by atoms with Crippen LogP contribution in [0.4, 0.5) is 30.6 Å². The number of non-ortho nitro benzene ring substituents is 1. The molecule has 2 heterocycles. The summed E-state index contributed by atoms with van der Waals surface area (Å²) in [4.78, 5) is 50.9. The fourth-order valence-electron chi connectivity index (χ4n) is 3.57. The van der Waals surface area contributed by atoms with Crippen LogP contribution in [-0.4, -0.2) is 59.7 Å². The fraction of sp³-hybridized carbons (Fsp3) is 0.227. The summed E-state index contributed by atoms with van der Waals surface area (Å²) in [7, 11) is 0. The number of nitro benzene ring substituents is 1. The topological polar surface area (TPSA) is 122 Å². The van der Waals surface area contributed by atoms with Crippen LogP contribution in [0.1, 0.15) is 5.56 Å². The molecule has 2 saturated heterocycles. The normalized spacial score (nSPS) is 17.3. The quantitative estimate of drug-likeness (QED) is 0.361. The minimum absolute atomic E-state index is 0.0224. The van der Waals surface area contributed by atoms with Gasteiger partial charge < -0.3 is 15.0 Å². The molecule has 182 valence electrons. The number of ether oxygens (including phenoxy) is 1. The van der Waals surface area contributed by atoms with Crippen molar-refractivity contribution in [3.05, 3.63) is 68.6 Å². The number of morpholine rings is 1. The highest BCUT2D eigenvalue weighted by molar-refractivity contribution is 8.18. The molecule has 3 amide bonds. The first kappa shape index (κ1) is 24.3. The van der Waals surface area contributed by atoms with Gasteiger partial charge in [-0.2, -0.15) is 0 Å². The van der Waals surface area contributed by atoms with Crippen LogP contribution in [-0.2, 0) is 14.3 Å². The van der Waals surface area contributed by atoms with Gasteiger partial charge in [-0.05, 0) is 36.0 Å². The zero-order chi connectivity index (χ0) is 25.1. The first-order chi connectivity index (χ1) is 16.7. The summed E-state index contributed by atoms with van der Waals surface area (Å²) in [5.74, 6) is -3.46. The van der Waals surface area contributed by atoms with Crippen molar-refractivity contribution in [1.29, 1.82) is 0 Å². The molecule has 1 N–H and O–H groups in total. The van der Waals surface area contributed by atoms with E-state index >= 15 is 0 Å². The van der Waals surface area contributed by atoms with Gasteiger partial charge in [-0.15, -0.1) is 0 Å². The molecule has 2 fully saturated rings. The van der Waals surface area contributed by atoms with Crippen LogP contribution in [0.25, 0.3) is 6.08 Å². The predicted octanol–water partition coefficient (Wildman–Crippen LogP) is 3.38. The predicted molar refractivity (Wildman–Crippen MR) is 124 cm³/mol. The Labute approximate surface area is 201 Å². The monoisotopic (exact) mass is 504 g/mol. The van der Waals surface area contributed by atoms with Gasteiger partial charge in [-0.25, -0.2) is 8.78 Å². The van der Waals surface area contributed by atoms with E-state index in [-0.39, 0.29) is 16.3 Å². The van der Waals surface area contributed by atoms with Gasteiger partial charge in [-0.1, -0.05) is 0 Å². The molecule has 0 saturated carbocycles. The van der Waals surface area contributed by atoms with E-state index in [1.165, 1.54) is 18.2 Å². The molecule has 0 bridgehead atoms. The van der Waals surface area contributed by atoms with Crippen molar-refractivity contribution in [2.75, 3.05) is 43.1 Å². The maximum Gasteiger partial charge on any atom is 0.294 e. The highest BCUT2D eigenvalue weighted by Crippen LogP contribution is 2.35. The van der Waals surface area contributed by atoms with Crippen LogP contribution in [0, 0.1) is 21.7 Å². The molecule has 2 aromatic carbocycles. The molecule has 0 radical (unpaired) electrons. The number of nitrogens with one attached hydrogen (secondary N) is 1. The molecule has 0 spiro atoms. The third-order valence-corrected chi connectivity index (χ3v) is 6.15. The van der Waals surface area contributed by atoms with Gasteiger partial charge in [0, 0.05) is 42.5 Å². The second-order valence-electron chi connectivity index (χ2n) is 7.54. The standard InChI is InChI=1S/C22H18F2N4O6S/c23-14-1-3-17(16(24)11-14)25-20(29)12-27-21(30)19(35-22(27)31)10-13-9-15(28(32)33)2-4-18(13)26-5-7-34-8-6-26/h1-4,9-11H,5-8,12H2,(H,25,29)/b19-10-. The van der Waals surface area contributed by atoms with Crippen LogP contribution in [0.15, 0.2) is 41.3 Å².